The molecule has 0 amide bonds. The number of carbonyl (C=O) groups excluding carboxylic acids is 1. The van der Waals surface area contributed by atoms with Gasteiger partial charge in [-0.25, -0.2) is 0 Å². The van der Waals surface area contributed by atoms with Gasteiger partial charge in [-0.05, 0) is 35.8 Å². The first kappa shape index (κ1) is 10.0. The van der Waals surface area contributed by atoms with Crippen LogP contribution >= 0.6 is 0 Å². The van der Waals surface area contributed by atoms with E-state index >= 15 is 0 Å². The van der Waals surface area contributed by atoms with Gasteiger partial charge in [-0.2, -0.15) is 0 Å². The van der Waals surface area contributed by atoms with Crippen LogP contribution in [0.1, 0.15) is 18.4 Å². The molecule has 0 bridgehead atoms. The topological polar surface area (TPSA) is 37.3 Å². The Hall–Kier alpha value is -1.51. The molecule has 2 nitrogen and oxygen atoms in total. The number of benzene rings is 1. The third kappa shape index (κ3) is 2.49. The number of hydrogen-bond acceptors (Lipinski definition) is 2. The molecule has 2 rings (SSSR count). The van der Waals surface area contributed by atoms with Crippen molar-refractivity contribution in [2.45, 2.75) is 19.2 Å². The van der Waals surface area contributed by atoms with Gasteiger partial charge >= 0.3 is 0 Å². The lowest BCUT2D eigenvalue weighted by Crippen LogP contribution is -2.16. The Morgan fingerprint density at radius 2 is 2.00 bits per heavy atom. The molecule has 76 valence electrons. The summed E-state index contributed by atoms with van der Waals surface area (Å²) < 4.78 is 0. The monoisotopic (exact) mass is 200 g/mol. The molecule has 1 N–H and O–H groups in total. The first-order valence-corrected chi connectivity index (χ1v) is 5.28. The molecule has 0 aromatic heterocycles. The standard InChI is InChI=1S/C12H13BO2/c14-11-5-3-9(4-6-11)8-10-2-1-7-13-12(10)15/h3-6,8,13-14H,1-2,7H2. The molecule has 15 heavy (non-hydrogen) atoms. The Morgan fingerprint density at radius 3 is 2.67 bits per heavy atom. The molecule has 0 aliphatic carbocycles. The number of carbonyl (C=O) groups is 1. The summed E-state index contributed by atoms with van der Waals surface area (Å²) in [6.07, 6.45) is 4.95. The first-order valence-electron chi connectivity index (χ1n) is 5.28. The van der Waals surface area contributed by atoms with E-state index in [1.54, 1.807) is 12.1 Å². The fourth-order valence-corrected chi connectivity index (χ4v) is 1.83. The number of aromatic hydroxyl groups is 1. The normalized spacial score (nSPS) is 18.9. The predicted molar refractivity (Wildman–Crippen MR) is 62.3 cm³/mol. The van der Waals surface area contributed by atoms with Crippen LogP contribution in [0.5, 0.6) is 5.75 Å². The fourth-order valence-electron chi connectivity index (χ4n) is 1.83. The second kappa shape index (κ2) is 4.34. The van der Waals surface area contributed by atoms with E-state index in [1.807, 2.05) is 18.2 Å². The molecule has 1 aliphatic heterocycles. The second-order valence-corrected chi connectivity index (χ2v) is 3.89. The fraction of sp³-hybridized carbons (Fsp3) is 0.250. The predicted octanol–water partition coefficient (Wildman–Crippen LogP) is 1.95. The van der Waals surface area contributed by atoms with Gasteiger partial charge in [0.25, 0.3) is 0 Å². The summed E-state index contributed by atoms with van der Waals surface area (Å²) in [5, 5.41) is 9.13. The number of phenols is 1. The van der Waals surface area contributed by atoms with Gasteiger partial charge in [0.15, 0.2) is 0 Å². The Labute approximate surface area is 89.9 Å². The summed E-state index contributed by atoms with van der Waals surface area (Å²) in [6, 6.07) is 6.92. The average Bonchev–Trinajstić information content (AvgIpc) is 2.25. The van der Waals surface area contributed by atoms with Gasteiger partial charge in [0.05, 0.1) is 0 Å². The summed E-state index contributed by atoms with van der Waals surface area (Å²) in [6.45, 7) is 0. The van der Waals surface area contributed by atoms with Crippen LogP contribution in [0.15, 0.2) is 29.8 Å². The Balaban J connectivity index is 2.21. The van der Waals surface area contributed by atoms with E-state index < -0.39 is 0 Å². The largest absolute Gasteiger partial charge is 0.508 e. The first-order chi connectivity index (χ1) is 7.25. The summed E-state index contributed by atoms with van der Waals surface area (Å²) in [5.74, 6) is 0.257. The lowest BCUT2D eigenvalue weighted by Gasteiger charge is -2.11. The minimum atomic E-state index is 0.257. The Morgan fingerprint density at radius 1 is 1.27 bits per heavy atom. The van der Waals surface area contributed by atoms with E-state index in [2.05, 4.69) is 0 Å². The molecular formula is C12H13BO2. The van der Waals surface area contributed by atoms with E-state index in [1.165, 1.54) is 0 Å². The van der Waals surface area contributed by atoms with Gasteiger partial charge in [-0.1, -0.05) is 24.9 Å². The van der Waals surface area contributed by atoms with Crippen LogP contribution in [-0.4, -0.2) is 18.1 Å². The summed E-state index contributed by atoms with van der Waals surface area (Å²) in [7, 11) is 0.684. The van der Waals surface area contributed by atoms with Crippen LogP contribution in [-0.2, 0) is 4.79 Å². The van der Waals surface area contributed by atoms with Crippen molar-refractivity contribution in [3.05, 3.63) is 35.4 Å². The molecule has 1 aromatic rings. The molecular weight excluding hydrogens is 187 g/mol. The van der Waals surface area contributed by atoms with E-state index in [4.69, 9.17) is 5.11 Å². The van der Waals surface area contributed by atoms with Gasteiger partial charge in [0.1, 0.15) is 11.4 Å². The number of rotatable bonds is 1. The zero-order valence-electron chi connectivity index (χ0n) is 8.57. The number of allylic oxidation sites excluding steroid dienone is 1. The molecule has 0 spiro atoms. The molecule has 0 atom stereocenters. The van der Waals surface area contributed by atoms with Crippen molar-refractivity contribution in [2.75, 3.05) is 0 Å². The van der Waals surface area contributed by atoms with Crippen molar-refractivity contribution in [2.24, 2.45) is 0 Å². The van der Waals surface area contributed by atoms with E-state index in [0.29, 0.717) is 7.28 Å². The SMILES string of the molecule is O=C1BCCCC1=Cc1ccc(O)cc1. The lowest BCUT2D eigenvalue weighted by molar-refractivity contribution is -0.109. The maximum absolute atomic E-state index is 11.5. The van der Waals surface area contributed by atoms with Crippen LogP contribution in [0.25, 0.3) is 6.08 Å². The van der Waals surface area contributed by atoms with Crippen LogP contribution in [0.4, 0.5) is 0 Å². The highest BCUT2D eigenvalue weighted by atomic mass is 16.3. The zero-order chi connectivity index (χ0) is 10.7. The van der Waals surface area contributed by atoms with Gasteiger partial charge in [0, 0.05) is 0 Å². The summed E-state index contributed by atoms with van der Waals surface area (Å²) in [4.78, 5) is 11.5. The van der Waals surface area contributed by atoms with Crippen molar-refractivity contribution < 1.29 is 9.90 Å². The van der Waals surface area contributed by atoms with Gasteiger partial charge in [-0.3, -0.25) is 0 Å². The molecule has 0 radical (unpaired) electrons. The Bertz CT molecular complexity index is 393. The van der Waals surface area contributed by atoms with E-state index in [-0.39, 0.29) is 11.4 Å². The maximum Gasteiger partial charge on any atom is 0.211 e. The molecule has 1 saturated heterocycles. The molecule has 0 unspecified atom stereocenters. The van der Waals surface area contributed by atoms with Crippen molar-refractivity contribution in [3.8, 4) is 5.75 Å². The maximum atomic E-state index is 11.5. The van der Waals surface area contributed by atoms with E-state index in [9.17, 15) is 4.79 Å². The second-order valence-electron chi connectivity index (χ2n) is 3.89. The van der Waals surface area contributed by atoms with Crippen molar-refractivity contribution in [3.63, 3.8) is 0 Å². The third-order valence-corrected chi connectivity index (χ3v) is 2.69. The highest BCUT2D eigenvalue weighted by molar-refractivity contribution is 6.78. The van der Waals surface area contributed by atoms with Crippen LogP contribution < -0.4 is 0 Å². The zero-order valence-corrected chi connectivity index (χ0v) is 8.57. The lowest BCUT2D eigenvalue weighted by atomic mass is 9.61. The number of hydrogen-bond donors (Lipinski definition) is 1. The van der Waals surface area contributed by atoms with Crippen LogP contribution in [0.3, 0.4) is 0 Å². The molecule has 1 aliphatic rings. The van der Waals surface area contributed by atoms with Gasteiger partial charge in [0.2, 0.25) is 7.28 Å². The van der Waals surface area contributed by atoms with Gasteiger partial charge in [-0.15, -0.1) is 0 Å². The minimum absolute atomic E-state index is 0.257. The summed E-state index contributed by atoms with van der Waals surface area (Å²) in [5.41, 5.74) is 2.18. The Kier molecular flexibility index (Phi) is 2.90. The number of phenolic OH excluding ortho intramolecular Hbond substituents is 1. The molecule has 0 saturated carbocycles. The minimum Gasteiger partial charge on any atom is -0.508 e. The summed E-state index contributed by atoms with van der Waals surface area (Å²) >= 11 is 0. The molecule has 1 heterocycles. The highest BCUT2D eigenvalue weighted by Gasteiger charge is 2.15. The molecule has 1 fully saturated rings. The van der Waals surface area contributed by atoms with Crippen LogP contribution in [0, 0.1) is 0 Å². The molecule has 3 heteroatoms. The third-order valence-electron chi connectivity index (χ3n) is 2.69. The highest BCUT2D eigenvalue weighted by Crippen LogP contribution is 2.19. The van der Waals surface area contributed by atoms with Crippen molar-refractivity contribution in [1.29, 1.82) is 0 Å². The quantitative estimate of drug-likeness (QED) is 0.555. The van der Waals surface area contributed by atoms with Crippen molar-refractivity contribution in [1.82, 2.24) is 0 Å². The van der Waals surface area contributed by atoms with Gasteiger partial charge < -0.3 is 9.90 Å². The van der Waals surface area contributed by atoms with E-state index in [0.717, 1.165) is 30.3 Å². The average molecular weight is 200 g/mol. The van der Waals surface area contributed by atoms with Crippen LogP contribution in [0.2, 0.25) is 6.32 Å². The smallest absolute Gasteiger partial charge is 0.211 e. The van der Waals surface area contributed by atoms with Crippen molar-refractivity contribution >= 4 is 19.0 Å². The molecule has 1 aromatic carbocycles.